The number of aryl methyl sites for hydroxylation is 2. The predicted molar refractivity (Wildman–Crippen MR) is 221 cm³/mol. The van der Waals surface area contributed by atoms with Crippen molar-refractivity contribution >= 4 is 63.7 Å². The number of nitrogens with zero attached hydrogens (tertiary/aromatic N) is 8. The van der Waals surface area contributed by atoms with Gasteiger partial charge in [-0.1, -0.05) is 30.3 Å². The van der Waals surface area contributed by atoms with Gasteiger partial charge in [-0.25, -0.2) is 29.3 Å². The topological polar surface area (TPSA) is 179 Å². The molecule has 1 aliphatic rings. The number of halogens is 6. The predicted octanol–water partition coefficient (Wildman–Crippen LogP) is 9.72. The minimum absolute atomic E-state index is 0.0268. The van der Waals surface area contributed by atoms with Gasteiger partial charge in [-0.3, -0.25) is 0 Å². The molecule has 0 atom stereocenters. The Morgan fingerprint density at radius 2 is 1.15 bits per heavy atom. The molecule has 17 nitrogen and oxygen atoms in total. The van der Waals surface area contributed by atoms with Gasteiger partial charge in [0, 0.05) is 44.0 Å². The lowest BCUT2D eigenvalue weighted by Crippen LogP contribution is -2.52. The molecule has 0 N–H and O–H groups in total. The molecule has 3 aromatic carbocycles. The highest BCUT2D eigenvalue weighted by Crippen LogP contribution is 2.42. The summed E-state index contributed by atoms with van der Waals surface area (Å²) in [7, 11) is 2.46. The molecular formula is C43H34F6N8O9. The lowest BCUT2D eigenvalue weighted by atomic mass is 10.1. The van der Waals surface area contributed by atoms with Crippen LogP contribution in [0.2, 0.25) is 0 Å². The van der Waals surface area contributed by atoms with Crippen molar-refractivity contribution in [1.82, 2.24) is 24.8 Å². The van der Waals surface area contributed by atoms with E-state index in [9.17, 15) is 40.7 Å². The number of anilines is 4. The lowest BCUT2D eigenvalue weighted by molar-refractivity contribution is -0.143. The van der Waals surface area contributed by atoms with E-state index >= 15 is 0 Å². The van der Waals surface area contributed by atoms with Gasteiger partial charge in [-0.05, 0) is 56.3 Å². The summed E-state index contributed by atoms with van der Waals surface area (Å²) in [5, 5.41) is 0. The van der Waals surface area contributed by atoms with E-state index in [4.69, 9.17) is 27.8 Å². The Hall–Kier alpha value is -8.11. The number of para-hydroxylation sites is 3. The summed E-state index contributed by atoms with van der Waals surface area (Å²) in [6, 6.07) is 16.8. The third-order valence-corrected chi connectivity index (χ3v) is 9.98. The van der Waals surface area contributed by atoms with E-state index in [0.29, 0.717) is 28.6 Å². The maximum Gasteiger partial charge on any atom is 0.431 e. The third-order valence-electron chi connectivity index (χ3n) is 9.98. The molecule has 66 heavy (non-hydrogen) atoms. The Morgan fingerprint density at radius 3 is 1.71 bits per heavy atom. The number of benzene rings is 3. The molecule has 1 saturated heterocycles. The number of piperazine rings is 1. The van der Waals surface area contributed by atoms with Crippen molar-refractivity contribution in [2.45, 2.75) is 26.2 Å². The number of ether oxygens (including phenoxy) is 4. The van der Waals surface area contributed by atoms with Gasteiger partial charge in [0.15, 0.2) is 5.75 Å². The summed E-state index contributed by atoms with van der Waals surface area (Å²) < 4.78 is 116. The van der Waals surface area contributed by atoms with Gasteiger partial charge in [0.2, 0.25) is 23.1 Å². The molecule has 7 aromatic rings. The lowest BCUT2D eigenvalue weighted by Gasteiger charge is -2.38. The largest absolute Gasteiger partial charge is 0.478 e. The minimum Gasteiger partial charge on any atom is -0.478 e. The van der Waals surface area contributed by atoms with Crippen LogP contribution in [0.1, 0.15) is 22.6 Å². The van der Waals surface area contributed by atoms with Crippen molar-refractivity contribution in [2.24, 2.45) is 0 Å². The number of rotatable bonds is 8. The normalized spacial score (nSPS) is 13.2. The SMILES string of the molecule is COc1nc2oc(C)cc2nc1N(C(=O)Oc1ccccc1)C(=O)Oc1ccccc1N(C(=O)N1CCN(c2cc(C(F)(F)F)cc(C(F)(F)F)c2)CC1)c1nc2cc(C)oc2nc1OC. The number of carbonyl (C=O) groups excluding carboxylic acids is 3. The molecule has 0 radical (unpaired) electrons. The molecule has 23 heteroatoms. The monoisotopic (exact) mass is 920 g/mol. The number of carbonyl (C=O) groups is 3. The van der Waals surface area contributed by atoms with E-state index in [0.717, 1.165) is 4.90 Å². The van der Waals surface area contributed by atoms with Crippen LogP contribution in [0.3, 0.4) is 0 Å². The number of hydrogen-bond acceptors (Lipinski definition) is 14. The number of imide groups is 1. The molecule has 0 spiro atoms. The van der Waals surface area contributed by atoms with Gasteiger partial charge in [0.25, 0.3) is 11.8 Å². The summed E-state index contributed by atoms with van der Waals surface area (Å²) in [6.45, 7) is 2.38. The highest BCUT2D eigenvalue weighted by atomic mass is 19.4. The Morgan fingerprint density at radius 1 is 0.636 bits per heavy atom. The molecule has 8 rings (SSSR count). The zero-order valence-corrected chi connectivity index (χ0v) is 34.9. The Labute approximate surface area is 368 Å². The average Bonchev–Trinajstić information content (AvgIpc) is 3.85. The van der Waals surface area contributed by atoms with Crippen molar-refractivity contribution in [3.63, 3.8) is 0 Å². The molecule has 342 valence electrons. The van der Waals surface area contributed by atoms with E-state index in [2.05, 4.69) is 19.9 Å². The molecule has 0 unspecified atom stereocenters. The van der Waals surface area contributed by atoms with Crippen LogP contribution in [0.15, 0.2) is 93.8 Å². The zero-order chi connectivity index (χ0) is 47.1. The van der Waals surface area contributed by atoms with Gasteiger partial charge < -0.3 is 37.6 Å². The van der Waals surface area contributed by atoms with E-state index in [1.165, 1.54) is 72.6 Å². The van der Waals surface area contributed by atoms with Crippen molar-refractivity contribution in [1.29, 1.82) is 0 Å². The van der Waals surface area contributed by atoms with Crippen LogP contribution in [0.5, 0.6) is 23.3 Å². The van der Waals surface area contributed by atoms with Gasteiger partial charge >= 0.3 is 30.6 Å². The second-order valence-electron chi connectivity index (χ2n) is 14.4. The number of methoxy groups -OCH3 is 2. The molecule has 4 aromatic heterocycles. The smallest absolute Gasteiger partial charge is 0.431 e. The zero-order valence-electron chi connectivity index (χ0n) is 34.9. The van der Waals surface area contributed by atoms with E-state index < -0.39 is 47.5 Å². The van der Waals surface area contributed by atoms with Crippen LogP contribution < -0.4 is 33.6 Å². The van der Waals surface area contributed by atoms with Crippen LogP contribution in [0, 0.1) is 13.8 Å². The third kappa shape index (κ3) is 8.99. The number of furan rings is 2. The highest BCUT2D eigenvalue weighted by molar-refractivity contribution is 6.11. The molecule has 1 aliphatic heterocycles. The Balaban J connectivity index is 1.18. The standard InChI is InChI=1S/C43H34F6N8O9/c1-23-18-29-35(63-23)52-37(61-3)33(50-29)56(39(58)55-16-14-54(15-17-55)27-21-25(42(44,45)46)20-26(22-27)43(47,48)49)31-12-8-9-13-32(31)66-41(60)57(40(59)65-28-10-6-5-7-11-28)34-38(62-4)53-36-30(51-34)19-24(2)64-36/h5-13,18-22H,14-17H2,1-4H3. The molecule has 0 saturated carbocycles. The molecule has 4 amide bonds. The molecule has 5 heterocycles. The highest BCUT2D eigenvalue weighted by Gasteiger charge is 2.40. The van der Waals surface area contributed by atoms with Gasteiger partial charge in [0.1, 0.15) is 28.3 Å². The fourth-order valence-electron chi connectivity index (χ4n) is 6.95. The first-order chi connectivity index (χ1) is 31.4. The van der Waals surface area contributed by atoms with Crippen molar-refractivity contribution in [2.75, 3.05) is 55.1 Å². The first-order valence-electron chi connectivity index (χ1n) is 19.6. The fraction of sp³-hybridized carbons (Fsp3) is 0.233. The molecule has 0 aliphatic carbocycles. The molecule has 1 fully saturated rings. The summed E-state index contributed by atoms with van der Waals surface area (Å²) in [4.78, 5) is 65.1. The molecular weight excluding hydrogens is 887 g/mol. The van der Waals surface area contributed by atoms with Crippen LogP contribution in [-0.4, -0.2) is 83.5 Å². The summed E-state index contributed by atoms with van der Waals surface area (Å²) in [5.41, 5.74) is -3.13. The first-order valence-corrected chi connectivity index (χ1v) is 19.6. The van der Waals surface area contributed by atoms with Crippen LogP contribution in [0.4, 0.5) is 63.7 Å². The summed E-state index contributed by atoms with van der Waals surface area (Å²) >= 11 is 0. The second-order valence-corrected chi connectivity index (χ2v) is 14.4. The second kappa shape index (κ2) is 17.5. The van der Waals surface area contributed by atoms with E-state index in [1.807, 2.05) is 0 Å². The average molecular weight is 921 g/mol. The summed E-state index contributed by atoms with van der Waals surface area (Å²) in [5.74, 6) is -0.805. The van der Waals surface area contributed by atoms with E-state index in [1.54, 1.807) is 32.0 Å². The fourth-order valence-corrected chi connectivity index (χ4v) is 6.95. The molecule has 0 bridgehead atoms. The van der Waals surface area contributed by atoms with Gasteiger partial charge in [-0.15, -0.1) is 0 Å². The Kier molecular flexibility index (Phi) is 11.8. The van der Waals surface area contributed by atoms with Crippen LogP contribution >= 0.6 is 0 Å². The number of urea groups is 1. The first kappa shape index (κ1) is 44.5. The van der Waals surface area contributed by atoms with Gasteiger partial charge in [-0.2, -0.15) is 41.2 Å². The van der Waals surface area contributed by atoms with Crippen molar-refractivity contribution in [3.05, 3.63) is 108 Å². The number of alkyl halides is 6. The summed E-state index contributed by atoms with van der Waals surface area (Å²) in [6.07, 6.45) is -12.9. The number of fused-ring (bicyclic) bond motifs is 2. The van der Waals surface area contributed by atoms with Crippen molar-refractivity contribution < 1.29 is 68.5 Å². The quantitative estimate of drug-likeness (QED) is 0.132. The van der Waals surface area contributed by atoms with Crippen molar-refractivity contribution in [3.8, 4) is 23.3 Å². The maximum atomic E-state index is 15.0. The van der Waals surface area contributed by atoms with Crippen LogP contribution in [-0.2, 0) is 12.4 Å². The Bertz CT molecular complexity index is 2940. The number of hydrogen-bond donors (Lipinski definition) is 0. The maximum absolute atomic E-state index is 15.0. The van der Waals surface area contributed by atoms with E-state index in [-0.39, 0.29) is 95.2 Å². The number of amides is 4. The van der Waals surface area contributed by atoms with Crippen LogP contribution in [0.25, 0.3) is 22.5 Å². The minimum atomic E-state index is -5.08. The number of aromatic nitrogens is 4. The van der Waals surface area contributed by atoms with Gasteiger partial charge in [0.05, 0.1) is 31.0 Å².